The fraction of sp³-hybridized carbons (Fsp3) is 0.429. The molecule has 0 aliphatic heterocycles. The molecule has 0 aliphatic rings. The number of rotatable bonds is 5. The van der Waals surface area contributed by atoms with Crippen molar-refractivity contribution in [3.05, 3.63) is 28.6 Å². The molecular formula is C14H19N3O2. The van der Waals surface area contributed by atoms with Gasteiger partial charge >= 0.3 is 0 Å². The van der Waals surface area contributed by atoms with E-state index in [1.54, 1.807) is 13.2 Å². The predicted octanol–water partition coefficient (Wildman–Crippen LogP) is 1.31. The third-order valence-electron chi connectivity index (χ3n) is 3.07. The fourth-order valence-electron chi connectivity index (χ4n) is 1.70. The Morgan fingerprint density at radius 1 is 1.58 bits per heavy atom. The van der Waals surface area contributed by atoms with Crippen LogP contribution in [-0.4, -0.2) is 30.7 Å². The minimum Gasteiger partial charge on any atom is -0.383 e. The quantitative estimate of drug-likeness (QED) is 0.493. The molecule has 1 N–H and O–H groups in total. The lowest BCUT2D eigenvalue weighted by Crippen LogP contribution is -2.27. The van der Waals surface area contributed by atoms with Crippen molar-refractivity contribution in [2.75, 3.05) is 20.3 Å². The third-order valence-corrected chi connectivity index (χ3v) is 3.07. The third kappa shape index (κ3) is 3.70. The van der Waals surface area contributed by atoms with E-state index in [1.807, 2.05) is 37.6 Å². The van der Waals surface area contributed by atoms with E-state index < -0.39 is 0 Å². The molecule has 0 fully saturated rings. The van der Waals surface area contributed by atoms with Gasteiger partial charge in [-0.05, 0) is 31.6 Å². The fourth-order valence-corrected chi connectivity index (χ4v) is 1.70. The molecule has 0 unspecified atom stereocenters. The Balaban J connectivity index is 2.90. The van der Waals surface area contributed by atoms with Crippen LogP contribution in [0.1, 0.15) is 17.0 Å². The van der Waals surface area contributed by atoms with Crippen LogP contribution in [0.25, 0.3) is 6.08 Å². The normalized spacial score (nSPS) is 11.2. The molecule has 0 aliphatic carbocycles. The summed E-state index contributed by atoms with van der Waals surface area (Å²) in [4.78, 5) is 11.8. The molecule has 1 amide bonds. The lowest BCUT2D eigenvalue weighted by Gasteiger charge is -2.03. The topological polar surface area (TPSA) is 67.0 Å². The first-order valence-electron chi connectivity index (χ1n) is 6.03. The van der Waals surface area contributed by atoms with Gasteiger partial charge in [-0.25, -0.2) is 0 Å². The lowest BCUT2D eigenvalue weighted by atomic mass is 10.1. The largest absolute Gasteiger partial charge is 0.383 e. The number of nitriles is 1. The molecule has 1 heterocycles. The van der Waals surface area contributed by atoms with E-state index >= 15 is 0 Å². The summed E-state index contributed by atoms with van der Waals surface area (Å²) in [5.41, 5.74) is 3.10. The van der Waals surface area contributed by atoms with Gasteiger partial charge in [0, 0.05) is 32.1 Å². The van der Waals surface area contributed by atoms with E-state index in [4.69, 9.17) is 10.00 Å². The first-order valence-corrected chi connectivity index (χ1v) is 6.03. The van der Waals surface area contributed by atoms with Gasteiger partial charge in [0.05, 0.1) is 6.61 Å². The molecule has 1 aromatic heterocycles. The first kappa shape index (κ1) is 15.0. The van der Waals surface area contributed by atoms with Gasteiger partial charge in [0.15, 0.2) is 0 Å². The first-order chi connectivity index (χ1) is 9.01. The minimum absolute atomic E-state index is 0.102. The monoisotopic (exact) mass is 261 g/mol. The molecule has 102 valence electrons. The molecular weight excluding hydrogens is 242 g/mol. The van der Waals surface area contributed by atoms with Crippen molar-refractivity contribution in [3.63, 3.8) is 0 Å². The smallest absolute Gasteiger partial charge is 0.262 e. The van der Waals surface area contributed by atoms with Crippen molar-refractivity contribution < 1.29 is 9.53 Å². The maximum atomic E-state index is 11.8. The van der Waals surface area contributed by atoms with Crippen LogP contribution in [-0.2, 0) is 16.6 Å². The minimum atomic E-state index is -0.375. The number of ether oxygens (including phenoxy) is 1. The van der Waals surface area contributed by atoms with E-state index in [9.17, 15) is 4.79 Å². The van der Waals surface area contributed by atoms with Crippen LogP contribution < -0.4 is 5.32 Å². The summed E-state index contributed by atoms with van der Waals surface area (Å²) in [5.74, 6) is -0.375. The van der Waals surface area contributed by atoms with Crippen LogP contribution in [0.2, 0.25) is 0 Å². The molecule has 0 bridgehead atoms. The summed E-state index contributed by atoms with van der Waals surface area (Å²) in [6.07, 6.45) is 1.62. The summed E-state index contributed by atoms with van der Waals surface area (Å²) in [6, 6.07) is 3.89. The molecule has 5 heteroatoms. The van der Waals surface area contributed by atoms with Crippen LogP contribution in [0.15, 0.2) is 11.6 Å². The second kappa shape index (κ2) is 6.76. The Labute approximate surface area is 113 Å². The molecule has 1 aromatic rings. The molecule has 0 atom stereocenters. The Morgan fingerprint density at radius 2 is 2.26 bits per heavy atom. The summed E-state index contributed by atoms with van der Waals surface area (Å²) in [6.45, 7) is 4.75. The number of nitrogens with one attached hydrogen (secondary N) is 1. The number of carbonyl (C=O) groups is 1. The molecule has 5 nitrogen and oxygen atoms in total. The zero-order valence-corrected chi connectivity index (χ0v) is 11.8. The molecule has 0 saturated heterocycles. The number of aromatic nitrogens is 1. The van der Waals surface area contributed by atoms with Gasteiger partial charge in [0.1, 0.15) is 11.6 Å². The standard InChI is InChI=1S/C14H19N3O2/c1-10-7-12(11(2)17(10)3)8-13(9-15)14(18)16-5-6-19-4/h7-8H,5-6H2,1-4H3,(H,16,18)/b13-8-. The van der Waals surface area contributed by atoms with E-state index in [0.29, 0.717) is 13.2 Å². The highest BCUT2D eigenvalue weighted by atomic mass is 16.5. The van der Waals surface area contributed by atoms with Crippen molar-refractivity contribution in [1.82, 2.24) is 9.88 Å². The second-order valence-corrected chi connectivity index (χ2v) is 4.30. The van der Waals surface area contributed by atoms with Gasteiger partial charge < -0.3 is 14.6 Å². The van der Waals surface area contributed by atoms with Crippen LogP contribution in [0.4, 0.5) is 0 Å². The van der Waals surface area contributed by atoms with E-state index in [2.05, 4.69) is 5.32 Å². The van der Waals surface area contributed by atoms with Gasteiger partial charge in [0.2, 0.25) is 0 Å². The zero-order valence-electron chi connectivity index (χ0n) is 11.8. The van der Waals surface area contributed by atoms with Gasteiger partial charge in [-0.15, -0.1) is 0 Å². The Kier molecular flexibility index (Phi) is 5.34. The number of aryl methyl sites for hydroxylation is 1. The highest BCUT2D eigenvalue weighted by Gasteiger charge is 2.11. The second-order valence-electron chi connectivity index (χ2n) is 4.30. The van der Waals surface area contributed by atoms with Crippen LogP contribution in [0.5, 0.6) is 0 Å². The number of hydrogen-bond donors (Lipinski definition) is 1. The van der Waals surface area contributed by atoms with Gasteiger partial charge in [-0.2, -0.15) is 5.26 Å². The molecule has 0 spiro atoms. The number of hydrogen-bond acceptors (Lipinski definition) is 3. The SMILES string of the molecule is COCCNC(=O)/C(C#N)=C\c1cc(C)n(C)c1C. The van der Waals surface area contributed by atoms with Crippen LogP contribution in [0, 0.1) is 25.2 Å². The Morgan fingerprint density at radius 3 is 2.74 bits per heavy atom. The van der Waals surface area contributed by atoms with Crippen molar-refractivity contribution in [2.45, 2.75) is 13.8 Å². The Bertz CT molecular complexity index is 536. The number of amides is 1. The highest BCUT2D eigenvalue weighted by molar-refractivity contribution is 6.01. The number of carbonyl (C=O) groups excluding carboxylic acids is 1. The number of methoxy groups -OCH3 is 1. The summed E-state index contributed by atoms with van der Waals surface area (Å²) in [5, 5.41) is 11.7. The number of nitrogens with zero attached hydrogens (tertiary/aromatic N) is 2. The summed E-state index contributed by atoms with van der Waals surface area (Å²) < 4.78 is 6.86. The van der Waals surface area contributed by atoms with E-state index in [1.165, 1.54) is 0 Å². The van der Waals surface area contributed by atoms with Gasteiger partial charge in [-0.3, -0.25) is 4.79 Å². The molecule has 0 radical (unpaired) electrons. The van der Waals surface area contributed by atoms with Crippen molar-refractivity contribution in [2.24, 2.45) is 7.05 Å². The van der Waals surface area contributed by atoms with Crippen LogP contribution >= 0.6 is 0 Å². The van der Waals surface area contributed by atoms with Crippen molar-refractivity contribution >= 4 is 12.0 Å². The zero-order chi connectivity index (χ0) is 14.4. The van der Waals surface area contributed by atoms with Gasteiger partial charge in [0.25, 0.3) is 5.91 Å². The highest BCUT2D eigenvalue weighted by Crippen LogP contribution is 2.16. The van der Waals surface area contributed by atoms with E-state index in [0.717, 1.165) is 17.0 Å². The Hall–Kier alpha value is -2.06. The molecule has 19 heavy (non-hydrogen) atoms. The average Bonchev–Trinajstić information content (AvgIpc) is 2.63. The molecule has 1 rings (SSSR count). The van der Waals surface area contributed by atoms with E-state index in [-0.39, 0.29) is 11.5 Å². The maximum Gasteiger partial charge on any atom is 0.262 e. The molecule has 0 saturated carbocycles. The predicted molar refractivity (Wildman–Crippen MR) is 73.4 cm³/mol. The van der Waals surface area contributed by atoms with Crippen molar-refractivity contribution in [1.29, 1.82) is 5.26 Å². The molecule has 0 aromatic carbocycles. The van der Waals surface area contributed by atoms with Crippen molar-refractivity contribution in [3.8, 4) is 6.07 Å². The maximum absolute atomic E-state index is 11.8. The van der Waals surface area contributed by atoms with Gasteiger partial charge in [-0.1, -0.05) is 0 Å². The lowest BCUT2D eigenvalue weighted by molar-refractivity contribution is -0.117. The average molecular weight is 261 g/mol. The summed E-state index contributed by atoms with van der Waals surface area (Å²) in [7, 11) is 3.51. The van der Waals surface area contributed by atoms with Crippen LogP contribution in [0.3, 0.4) is 0 Å². The summed E-state index contributed by atoms with van der Waals surface area (Å²) >= 11 is 0.